The fourth-order valence-corrected chi connectivity index (χ4v) is 1.76. The smallest absolute Gasteiger partial charge is 0.320 e. The summed E-state index contributed by atoms with van der Waals surface area (Å²) in [5.41, 5.74) is 5.34. The van der Waals surface area contributed by atoms with E-state index in [4.69, 9.17) is 10.8 Å². The van der Waals surface area contributed by atoms with Crippen molar-refractivity contribution in [3.63, 3.8) is 0 Å². The van der Waals surface area contributed by atoms with Gasteiger partial charge in [0.25, 0.3) is 0 Å². The van der Waals surface area contributed by atoms with Gasteiger partial charge in [-0.15, -0.1) is 0 Å². The standard InChI is InChI=1S/C11H19N3O4/c12-7(11(17)18)3-1-2-6-13-10(16)8-4-5-9(15)14-8/h7-8H,1-6,12H2,(H,13,16)(H,14,15)(H,17,18)/t7-,8+/m0/s1. The number of amides is 2. The molecule has 0 aromatic heterocycles. The molecule has 0 aromatic rings. The van der Waals surface area contributed by atoms with Gasteiger partial charge in [-0.05, 0) is 25.7 Å². The summed E-state index contributed by atoms with van der Waals surface area (Å²) in [5.74, 6) is -1.28. The fourth-order valence-electron chi connectivity index (χ4n) is 1.76. The Hall–Kier alpha value is -1.63. The van der Waals surface area contributed by atoms with E-state index in [9.17, 15) is 14.4 Å². The Labute approximate surface area is 105 Å². The number of carbonyl (C=O) groups is 3. The minimum atomic E-state index is -1.01. The Kier molecular flexibility index (Phi) is 5.57. The van der Waals surface area contributed by atoms with Gasteiger partial charge in [-0.2, -0.15) is 0 Å². The first-order valence-electron chi connectivity index (χ1n) is 6.06. The molecular weight excluding hydrogens is 238 g/mol. The van der Waals surface area contributed by atoms with E-state index in [2.05, 4.69) is 10.6 Å². The number of unbranched alkanes of at least 4 members (excludes halogenated alkanes) is 1. The lowest BCUT2D eigenvalue weighted by Gasteiger charge is -2.11. The first-order valence-corrected chi connectivity index (χ1v) is 6.06. The third kappa shape index (κ3) is 4.70. The predicted molar refractivity (Wildman–Crippen MR) is 63.6 cm³/mol. The van der Waals surface area contributed by atoms with E-state index in [1.807, 2.05) is 0 Å². The third-order valence-corrected chi connectivity index (χ3v) is 2.87. The lowest BCUT2D eigenvalue weighted by atomic mass is 10.1. The quantitative estimate of drug-likeness (QED) is 0.434. The van der Waals surface area contributed by atoms with Gasteiger partial charge < -0.3 is 21.5 Å². The SMILES string of the molecule is N[C@@H](CCCCNC(=O)[C@H]1CCC(=O)N1)C(=O)O. The molecule has 18 heavy (non-hydrogen) atoms. The average Bonchev–Trinajstić information content (AvgIpc) is 2.74. The zero-order valence-electron chi connectivity index (χ0n) is 10.1. The van der Waals surface area contributed by atoms with E-state index in [0.717, 1.165) is 0 Å². The maximum Gasteiger partial charge on any atom is 0.320 e. The molecule has 7 nitrogen and oxygen atoms in total. The van der Waals surface area contributed by atoms with Gasteiger partial charge in [-0.25, -0.2) is 0 Å². The van der Waals surface area contributed by atoms with Crippen LogP contribution in [0.25, 0.3) is 0 Å². The number of rotatable bonds is 7. The van der Waals surface area contributed by atoms with E-state index in [0.29, 0.717) is 38.6 Å². The van der Waals surface area contributed by atoms with E-state index in [1.165, 1.54) is 0 Å². The summed E-state index contributed by atoms with van der Waals surface area (Å²) in [5, 5.41) is 13.8. The topological polar surface area (TPSA) is 122 Å². The summed E-state index contributed by atoms with van der Waals surface area (Å²) in [6, 6.07) is -1.26. The summed E-state index contributed by atoms with van der Waals surface area (Å²) >= 11 is 0. The van der Waals surface area contributed by atoms with Crippen molar-refractivity contribution in [1.29, 1.82) is 0 Å². The minimum Gasteiger partial charge on any atom is -0.480 e. The second-order valence-electron chi connectivity index (χ2n) is 4.39. The van der Waals surface area contributed by atoms with Crippen LogP contribution in [-0.2, 0) is 14.4 Å². The summed E-state index contributed by atoms with van der Waals surface area (Å²) < 4.78 is 0. The van der Waals surface area contributed by atoms with Crippen molar-refractivity contribution in [2.45, 2.75) is 44.2 Å². The van der Waals surface area contributed by atoms with Crippen molar-refractivity contribution in [2.75, 3.05) is 6.54 Å². The molecule has 7 heteroatoms. The van der Waals surface area contributed by atoms with Gasteiger partial charge in [0, 0.05) is 13.0 Å². The Morgan fingerprint density at radius 2 is 2.22 bits per heavy atom. The minimum absolute atomic E-state index is 0.0948. The highest BCUT2D eigenvalue weighted by molar-refractivity contribution is 5.90. The molecular formula is C11H19N3O4. The molecule has 0 aliphatic carbocycles. The fraction of sp³-hybridized carbons (Fsp3) is 0.727. The number of nitrogens with two attached hydrogens (primary N) is 1. The van der Waals surface area contributed by atoms with E-state index in [-0.39, 0.29) is 11.8 Å². The van der Waals surface area contributed by atoms with E-state index in [1.54, 1.807) is 0 Å². The van der Waals surface area contributed by atoms with E-state index >= 15 is 0 Å². The molecule has 0 unspecified atom stereocenters. The molecule has 2 atom stereocenters. The molecule has 0 radical (unpaired) electrons. The van der Waals surface area contributed by atoms with Gasteiger partial charge in [-0.1, -0.05) is 0 Å². The van der Waals surface area contributed by atoms with Crippen molar-refractivity contribution in [3.8, 4) is 0 Å². The highest BCUT2D eigenvalue weighted by atomic mass is 16.4. The van der Waals surface area contributed by atoms with Crippen LogP contribution in [0, 0.1) is 0 Å². The zero-order valence-corrected chi connectivity index (χ0v) is 10.1. The Balaban J connectivity index is 2.06. The molecule has 1 saturated heterocycles. The van der Waals surface area contributed by atoms with Crippen molar-refractivity contribution >= 4 is 17.8 Å². The van der Waals surface area contributed by atoms with Crippen LogP contribution >= 0.6 is 0 Å². The van der Waals surface area contributed by atoms with E-state index < -0.39 is 18.1 Å². The zero-order chi connectivity index (χ0) is 13.5. The molecule has 0 aromatic carbocycles. The van der Waals surface area contributed by atoms with Gasteiger partial charge >= 0.3 is 5.97 Å². The molecule has 1 aliphatic heterocycles. The van der Waals surface area contributed by atoms with Crippen LogP contribution in [0.1, 0.15) is 32.1 Å². The molecule has 0 saturated carbocycles. The predicted octanol–water partition coefficient (Wildman–Crippen LogP) is -1.04. The molecule has 1 rings (SSSR count). The van der Waals surface area contributed by atoms with Gasteiger partial charge in [0.05, 0.1) is 0 Å². The maximum atomic E-state index is 11.6. The summed E-state index contributed by atoms with van der Waals surface area (Å²) in [6.07, 6.45) is 2.64. The molecule has 5 N–H and O–H groups in total. The van der Waals surface area contributed by atoms with Crippen molar-refractivity contribution in [2.24, 2.45) is 5.73 Å². The molecule has 1 aliphatic rings. The van der Waals surface area contributed by atoms with Crippen LogP contribution < -0.4 is 16.4 Å². The third-order valence-electron chi connectivity index (χ3n) is 2.87. The van der Waals surface area contributed by atoms with Gasteiger partial charge in [0.2, 0.25) is 11.8 Å². The molecule has 2 amide bonds. The van der Waals surface area contributed by atoms with Crippen LogP contribution in [0.15, 0.2) is 0 Å². The Bertz CT molecular complexity index is 332. The van der Waals surface area contributed by atoms with Crippen molar-refractivity contribution in [3.05, 3.63) is 0 Å². The highest BCUT2D eigenvalue weighted by Crippen LogP contribution is 2.06. The monoisotopic (exact) mass is 257 g/mol. The number of carboxylic acids is 1. The number of carboxylic acid groups (broad SMARTS) is 1. The maximum absolute atomic E-state index is 11.6. The average molecular weight is 257 g/mol. The number of nitrogens with one attached hydrogen (secondary N) is 2. The number of aliphatic carboxylic acids is 1. The number of hydrogen-bond donors (Lipinski definition) is 4. The lowest BCUT2D eigenvalue weighted by molar-refractivity contribution is -0.138. The normalized spacial score (nSPS) is 20.3. The molecule has 0 spiro atoms. The molecule has 1 fully saturated rings. The van der Waals surface area contributed by atoms with Crippen molar-refractivity contribution in [1.82, 2.24) is 10.6 Å². The molecule has 1 heterocycles. The highest BCUT2D eigenvalue weighted by Gasteiger charge is 2.26. The second kappa shape index (κ2) is 6.95. The van der Waals surface area contributed by atoms with Crippen LogP contribution in [-0.4, -0.2) is 41.5 Å². The van der Waals surface area contributed by atoms with Gasteiger partial charge in [-0.3, -0.25) is 14.4 Å². The first kappa shape index (κ1) is 14.4. The van der Waals surface area contributed by atoms with Crippen LogP contribution in [0.4, 0.5) is 0 Å². The van der Waals surface area contributed by atoms with Crippen LogP contribution in [0.3, 0.4) is 0 Å². The summed E-state index contributed by atoms with van der Waals surface area (Å²) in [7, 11) is 0. The summed E-state index contributed by atoms with van der Waals surface area (Å²) in [6.45, 7) is 0.470. The van der Waals surface area contributed by atoms with Crippen molar-refractivity contribution < 1.29 is 19.5 Å². The number of hydrogen-bond acceptors (Lipinski definition) is 4. The summed E-state index contributed by atoms with van der Waals surface area (Å²) in [4.78, 5) is 32.9. The lowest BCUT2D eigenvalue weighted by Crippen LogP contribution is -2.41. The van der Waals surface area contributed by atoms with Crippen LogP contribution in [0.5, 0.6) is 0 Å². The number of carbonyl (C=O) groups excluding carboxylic acids is 2. The van der Waals surface area contributed by atoms with Gasteiger partial charge in [0.1, 0.15) is 12.1 Å². The Morgan fingerprint density at radius 1 is 1.50 bits per heavy atom. The largest absolute Gasteiger partial charge is 0.480 e. The first-order chi connectivity index (χ1) is 8.50. The van der Waals surface area contributed by atoms with Gasteiger partial charge in [0.15, 0.2) is 0 Å². The molecule has 0 bridgehead atoms. The second-order valence-corrected chi connectivity index (χ2v) is 4.39. The Morgan fingerprint density at radius 3 is 2.78 bits per heavy atom. The van der Waals surface area contributed by atoms with Crippen LogP contribution in [0.2, 0.25) is 0 Å². The molecule has 102 valence electrons.